The Bertz CT molecular complexity index is 253. The summed E-state index contributed by atoms with van der Waals surface area (Å²) in [6.45, 7) is 6.68. The lowest BCUT2D eigenvalue weighted by Gasteiger charge is -2.32. The summed E-state index contributed by atoms with van der Waals surface area (Å²) in [7, 11) is 1.77. The molecule has 0 amide bonds. The number of hydrogen-bond donors (Lipinski definition) is 1. The van der Waals surface area contributed by atoms with Gasteiger partial charge in [0.05, 0.1) is 11.5 Å². The third-order valence-corrected chi connectivity index (χ3v) is 3.65. The second-order valence-electron chi connectivity index (χ2n) is 5.59. The maximum absolute atomic E-state index is 11.0. The summed E-state index contributed by atoms with van der Waals surface area (Å²) in [5.41, 5.74) is -0.601. The Morgan fingerprint density at radius 1 is 1.53 bits per heavy atom. The van der Waals surface area contributed by atoms with Crippen molar-refractivity contribution in [3.63, 3.8) is 0 Å². The van der Waals surface area contributed by atoms with Gasteiger partial charge in [-0.15, -0.1) is 0 Å². The number of nitrogens with zero attached hydrogens (tertiary/aromatic N) is 1. The highest BCUT2D eigenvalue weighted by Crippen LogP contribution is 2.23. The molecule has 1 atom stereocenters. The van der Waals surface area contributed by atoms with E-state index in [2.05, 4.69) is 4.90 Å². The molecule has 100 valence electrons. The first-order chi connectivity index (χ1) is 7.95. The van der Waals surface area contributed by atoms with E-state index in [1.165, 1.54) is 6.42 Å². The molecule has 0 spiro atoms. The molecular formula is C13H25NO3. The van der Waals surface area contributed by atoms with Gasteiger partial charge in [0.1, 0.15) is 0 Å². The fourth-order valence-electron chi connectivity index (χ4n) is 2.26. The number of likely N-dealkylation sites (tertiary alicyclic amines) is 1. The smallest absolute Gasteiger partial charge is 0.309 e. The highest BCUT2D eigenvalue weighted by molar-refractivity contribution is 5.73. The zero-order chi connectivity index (χ0) is 12.9. The first-order valence-corrected chi connectivity index (χ1v) is 6.44. The number of carboxylic acid groups (broad SMARTS) is 1. The summed E-state index contributed by atoms with van der Waals surface area (Å²) in [5.74, 6) is -0.703. The van der Waals surface area contributed by atoms with Gasteiger partial charge < -0.3 is 14.7 Å². The largest absolute Gasteiger partial charge is 0.481 e. The molecule has 0 radical (unpaired) electrons. The summed E-state index contributed by atoms with van der Waals surface area (Å²) in [6, 6.07) is 0. The number of piperidine rings is 1. The molecule has 0 saturated carbocycles. The van der Waals surface area contributed by atoms with E-state index in [4.69, 9.17) is 9.84 Å². The topological polar surface area (TPSA) is 49.8 Å². The second kappa shape index (κ2) is 6.36. The van der Waals surface area contributed by atoms with Gasteiger partial charge in [-0.05, 0) is 52.6 Å². The van der Waals surface area contributed by atoms with Crippen molar-refractivity contribution in [2.75, 3.05) is 26.7 Å². The van der Waals surface area contributed by atoms with E-state index in [0.717, 1.165) is 38.9 Å². The maximum Gasteiger partial charge on any atom is 0.309 e. The quantitative estimate of drug-likeness (QED) is 0.775. The highest BCUT2D eigenvalue weighted by atomic mass is 16.5. The van der Waals surface area contributed by atoms with Crippen molar-refractivity contribution in [3.8, 4) is 0 Å². The van der Waals surface area contributed by atoms with Crippen molar-refractivity contribution in [3.05, 3.63) is 0 Å². The van der Waals surface area contributed by atoms with E-state index in [-0.39, 0.29) is 0 Å². The SMILES string of the molecule is COC1CCCN(CCCC(C)(C)C(=O)O)C1. The molecule has 1 aliphatic rings. The molecule has 1 unspecified atom stereocenters. The lowest BCUT2D eigenvalue weighted by atomic mass is 9.88. The van der Waals surface area contributed by atoms with Crippen LogP contribution < -0.4 is 0 Å². The van der Waals surface area contributed by atoms with Crippen molar-refractivity contribution >= 4 is 5.97 Å². The Kier molecular flexibility index (Phi) is 5.40. The molecule has 1 fully saturated rings. The molecule has 1 N–H and O–H groups in total. The summed E-state index contributed by atoms with van der Waals surface area (Å²) >= 11 is 0. The Morgan fingerprint density at radius 2 is 2.24 bits per heavy atom. The fraction of sp³-hybridized carbons (Fsp3) is 0.923. The molecule has 0 bridgehead atoms. The summed E-state index contributed by atoms with van der Waals surface area (Å²) in [4.78, 5) is 13.4. The fourth-order valence-corrected chi connectivity index (χ4v) is 2.26. The molecule has 0 aromatic rings. The van der Waals surface area contributed by atoms with Crippen LogP contribution in [0.2, 0.25) is 0 Å². The van der Waals surface area contributed by atoms with Crippen LogP contribution in [0.5, 0.6) is 0 Å². The van der Waals surface area contributed by atoms with Crippen LogP contribution in [-0.4, -0.2) is 48.8 Å². The first-order valence-electron chi connectivity index (χ1n) is 6.44. The van der Waals surface area contributed by atoms with Gasteiger partial charge in [-0.3, -0.25) is 4.79 Å². The van der Waals surface area contributed by atoms with Crippen LogP contribution >= 0.6 is 0 Å². The molecule has 4 heteroatoms. The van der Waals surface area contributed by atoms with Crippen molar-refractivity contribution in [2.24, 2.45) is 5.41 Å². The molecule has 0 aromatic heterocycles. The zero-order valence-electron chi connectivity index (χ0n) is 11.2. The van der Waals surface area contributed by atoms with Crippen LogP contribution in [0.1, 0.15) is 39.5 Å². The van der Waals surface area contributed by atoms with Gasteiger partial charge in [-0.1, -0.05) is 0 Å². The minimum absolute atomic E-state index is 0.358. The Balaban J connectivity index is 2.24. The number of aliphatic carboxylic acids is 1. The monoisotopic (exact) mass is 243 g/mol. The molecule has 0 aliphatic carbocycles. The normalized spacial score (nSPS) is 22.6. The minimum Gasteiger partial charge on any atom is -0.481 e. The lowest BCUT2D eigenvalue weighted by Crippen LogP contribution is -2.40. The summed E-state index contributed by atoms with van der Waals surface area (Å²) in [6.07, 6.45) is 4.36. The highest BCUT2D eigenvalue weighted by Gasteiger charge is 2.27. The van der Waals surface area contributed by atoms with Gasteiger partial charge in [0.15, 0.2) is 0 Å². The second-order valence-corrected chi connectivity index (χ2v) is 5.59. The van der Waals surface area contributed by atoms with Gasteiger partial charge in [-0.25, -0.2) is 0 Å². The maximum atomic E-state index is 11.0. The molecular weight excluding hydrogens is 218 g/mol. The van der Waals surface area contributed by atoms with Crippen LogP contribution in [0.4, 0.5) is 0 Å². The van der Waals surface area contributed by atoms with Gasteiger partial charge in [0, 0.05) is 13.7 Å². The zero-order valence-corrected chi connectivity index (χ0v) is 11.2. The van der Waals surface area contributed by atoms with E-state index in [0.29, 0.717) is 6.10 Å². The van der Waals surface area contributed by atoms with Crippen LogP contribution in [0.15, 0.2) is 0 Å². The van der Waals surface area contributed by atoms with Gasteiger partial charge >= 0.3 is 5.97 Å². The van der Waals surface area contributed by atoms with E-state index in [9.17, 15) is 4.79 Å². The average Bonchev–Trinajstić information content (AvgIpc) is 2.29. The van der Waals surface area contributed by atoms with Gasteiger partial charge in [0.25, 0.3) is 0 Å². The number of hydrogen-bond acceptors (Lipinski definition) is 3. The third kappa shape index (κ3) is 4.64. The Morgan fingerprint density at radius 3 is 2.82 bits per heavy atom. The molecule has 4 nitrogen and oxygen atoms in total. The number of rotatable bonds is 6. The van der Waals surface area contributed by atoms with Crippen molar-refractivity contribution in [2.45, 2.75) is 45.6 Å². The summed E-state index contributed by atoms with van der Waals surface area (Å²) in [5, 5.41) is 9.02. The minimum atomic E-state index is -0.703. The van der Waals surface area contributed by atoms with Crippen LogP contribution in [0.3, 0.4) is 0 Å². The Hall–Kier alpha value is -0.610. The average molecular weight is 243 g/mol. The number of carbonyl (C=O) groups is 1. The summed E-state index contributed by atoms with van der Waals surface area (Å²) < 4.78 is 5.37. The van der Waals surface area contributed by atoms with Crippen LogP contribution in [0.25, 0.3) is 0 Å². The predicted molar refractivity (Wildman–Crippen MR) is 67.1 cm³/mol. The van der Waals surface area contributed by atoms with E-state index >= 15 is 0 Å². The van der Waals surface area contributed by atoms with Crippen LogP contribution in [0, 0.1) is 5.41 Å². The molecule has 1 saturated heterocycles. The number of carboxylic acids is 1. The van der Waals surface area contributed by atoms with Crippen molar-refractivity contribution in [1.29, 1.82) is 0 Å². The standard InChI is InChI=1S/C13H25NO3/c1-13(2,12(15)16)7-5-9-14-8-4-6-11(10-14)17-3/h11H,4-10H2,1-3H3,(H,15,16). The number of ether oxygens (including phenoxy) is 1. The van der Waals surface area contributed by atoms with E-state index < -0.39 is 11.4 Å². The van der Waals surface area contributed by atoms with Crippen molar-refractivity contribution in [1.82, 2.24) is 4.90 Å². The van der Waals surface area contributed by atoms with Gasteiger partial charge in [-0.2, -0.15) is 0 Å². The molecule has 1 aliphatic heterocycles. The molecule has 17 heavy (non-hydrogen) atoms. The molecule has 0 aromatic carbocycles. The van der Waals surface area contributed by atoms with Crippen molar-refractivity contribution < 1.29 is 14.6 Å². The molecule has 1 rings (SSSR count). The Labute approximate surface area is 104 Å². The predicted octanol–water partition coefficient (Wildman–Crippen LogP) is 1.99. The van der Waals surface area contributed by atoms with E-state index in [1.54, 1.807) is 21.0 Å². The van der Waals surface area contributed by atoms with Crippen LogP contribution in [-0.2, 0) is 9.53 Å². The molecule has 1 heterocycles. The van der Waals surface area contributed by atoms with E-state index in [1.807, 2.05) is 0 Å². The third-order valence-electron chi connectivity index (χ3n) is 3.65. The first kappa shape index (κ1) is 14.5. The van der Waals surface area contributed by atoms with Gasteiger partial charge in [0.2, 0.25) is 0 Å². The number of methoxy groups -OCH3 is 1. The lowest BCUT2D eigenvalue weighted by molar-refractivity contribution is -0.147.